The molecule has 0 saturated carbocycles. The van der Waals surface area contributed by atoms with Gasteiger partial charge in [0.15, 0.2) is 6.29 Å². The Bertz CT molecular complexity index is 579. The summed E-state index contributed by atoms with van der Waals surface area (Å²) < 4.78 is 10.6. The first-order chi connectivity index (χ1) is 11.1. The fourth-order valence-electron chi connectivity index (χ4n) is 3.03. The molecule has 0 unspecified atom stereocenters. The predicted octanol–water partition coefficient (Wildman–Crippen LogP) is 1.19. The SMILES string of the molecule is COC(OC)C1CN(c2ccc(N3CCC(=O)NC3=O)cc2)C1. The van der Waals surface area contributed by atoms with E-state index in [0.717, 1.165) is 24.5 Å². The molecule has 23 heavy (non-hydrogen) atoms. The molecule has 0 atom stereocenters. The second-order valence-corrected chi connectivity index (χ2v) is 5.78. The van der Waals surface area contributed by atoms with Gasteiger partial charge in [-0.25, -0.2) is 4.79 Å². The molecule has 0 spiro atoms. The molecule has 2 heterocycles. The summed E-state index contributed by atoms with van der Waals surface area (Å²) >= 11 is 0. The van der Waals surface area contributed by atoms with Gasteiger partial charge in [0.2, 0.25) is 5.91 Å². The Balaban J connectivity index is 1.60. The molecule has 2 fully saturated rings. The van der Waals surface area contributed by atoms with Crippen molar-refractivity contribution in [1.29, 1.82) is 0 Å². The van der Waals surface area contributed by atoms with E-state index in [9.17, 15) is 9.59 Å². The Kier molecular flexibility index (Phi) is 4.49. The third-order valence-electron chi connectivity index (χ3n) is 4.34. The largest absolute Gasteiger partial charge is 0.370 e. The van der Waals surface area contributed by atoms with E-state index < -0.39 is 0 Å². The van der Waals surface area contributed by atoms with Gasteiger partial charge < -0.3 is 14.4 Å². The van der Waals surface area contributed by atoms with Crippen molar-refractivity contribution in [2.75, 3.05) is 43.7 Å². The highest BCUT2D eigenvalue weighted by molar-refractivity contribution is 6.05. The number of ether oxygens (including phenoxy) is 2. The molecule has 0 bridgehead atoms. The lowest BCUT2D eigenvalue weighted by Crippen LogP contribution is -2.53. The highest BCUT2D eigenvalue weighted by Gasteiger charge is 2.34. The molecule has 124 valence electrons. The number of benzene rings is 1. The second-order valence-electron chi connectivity index (χ2n) is 5.78. The van der Waals surface area contributed by atoms with Crippen molar-refractivity contribution in [3.63, 3.8) is 0 Å². The molecule has 3 amide bonds. The summed E-state index contributed by atoms with van der Waals surface area (Å²) in [5, 5.41) is 2.33. The number of hydrogen-bond donors (Lipinski definition) is 1. The fourth-order valence-corrected chi connectivity index (χ4v) is 3.03. The Hall–Kier alpha value is -2.12. The van der Waals surface area contributed by atoms with E-state index in [4.69, 9.17) is 9.47 Å². The van der Waals surface area contributed by atoms with Gasteiger partial charge in [-0.05, 0) is 24.3 Å². The van der Waals surface area contributed by atoms with Crippen molar-refractivity contribution in [2.24, 2.45) is 5.92 Å². The van der Waals surface area contributed by atoms with Crippen LogP contribution in [0.3, 0.4) is 0 Å². The summed E-state index contributed by atoms with van der Waals surface area (Å²) in [6.45, 7) is 2.17. The summed E-state index contributed by atoms with van der Waals surface area (Å²) in [7, 11) is 3.31. The molecule has 7 heteroatoms. The zero-order chi connectivity index (χ0) is 16.4. The molecule has 3 rings (SSSR count). The highest BCUT2D eigenvalue weighted by Crippen LogP contribution is 2.29. The van der Waals surface area contributed by atoms with Crippen LogP contribution in [-0.2, 0) is 14.3 Å². The minimum atomic E-state index is -0.360. The number of urea groups is 1. The molecular weight excluding hydrogens is 298 g/mol. The number of methoxy groups -OCH3 is 2. The molecule has 1 aromatic rings. The first-order valence-electron chi connectivity index (χ1n) is 7.64. The number of nitrogens with zero attached hydrogens (tertiary/aromatic N) is 2. The van der Waals surface area contributed by atoms with Crippen molar-refractivity contribution in [1.82, 2.24) is 5.32 Å². The van der Waals surface area contributed by atoms with Crippen molar-refractivity contribution >= 4 is 23.3 Å². The minimum Gasteiger partial charge on any atom is -0.370 e. The number of hydrogen-bond acceptors (Lipinski definition) is 5. The van der Waals surface area contributed by atoms with E-state index in [-0.39, 0.29) is 18.2 Å². The fraction of sp³-hybridized carbons (Fsp3) is 0.500. The van der Waals surface area contributed by atoms with Gasteiger partial charge in [-0.1, -0.05) is 0 Å². The quantitative estimate of drug-likeness (QED) is 0.826. The predicted molar refractivity (Wildman–Crippen MR) is 85.5 cm³/mol. The number of imide groups is 1. The van der Waals surface area contributed by atoms with Crippen LogP contribution < -0.4 is 15.1 Å². The highest BCUT2D eigenvalue weighted by atomic mass is 16.7. The second kappa shape index (κ2) is 6.55. The zero-order valence-electron chi connectivity index (χ0n) is 13.3. The molecule has 0 radical (unpaired) electrons. The van der Waals surface area contributed by atoms with Gasteiger partial charge in [0.1, 0.15) is 0 Å². The third kappa shape index (κ3) is 3.16. The van der Waals surface area contributed by atoms with Gasteiger partial charge in [-0.3, -0.25) is 15.0 Å². The Morgan fingerprint density at radius 2 is 1.70 bits per heavy atom. The average Bonchev–Trinajstić information content (AvgIpc) is 2.51. The molecular formula is C16H21N3O4. The summed E-state index contributed by atoms with van der Waals surface area (Å²) in [5.74, 6) is 0.142. The van der Waals surface area contributed by atoms with Gasteiger partial charge >= 0.3 is 6.03 Å². The van der Waals surface area contributed by atoms with E-state index in [2.05, 4.69) is 10.2 Å². The maximum absolute atomic E-state index is 11.8. The minimum absolute atomic E-state index is 0.167. The molecule has 1 N–H and O–H groups in total. The average molecular weight is 319 g/mol. The zero-order valence-corrected chi connectivity index (χ0v) is 13.3. The molecule has 2 aliphatic heterocycles. The van der Waals surface area contributed by atoms with Crippen molar-refractivity contribution < 1.29 is 19.1 Å². The van der Waals surface area contributed by atoms with Crippen LogP contribution >= 0.6 is 0 Å². The van der Waals surface area contributed by atoms with Crippen LogP contribution in [0.4, 0.5) is 16.2 Å². The third-order valence-corrected chi connectivity index (χ3v) is 4.34. The number of anilines is 2. The standard InChI is InChI=1S/C16H21N3O4/c1-22-15(23-2)11-9-18(10-11)12-3-5-13(6-4-12)19-8-7-14(20)17-16(19)21/h3-6,11,15H,7-10H2,1-2H3,(H,17,20,21). The summed E-state index contributed by atoms with van der Waals surface area (Å²) in [4.78, 5) is 26.8. The van der Waals surface area contributed by atoms with Crippen LogP contribution in [-0.4, -0.2) is 52.1 Å². The smallest absolute Gasteiger partial charge is 0.328 e. The van der Waals surface area contributed by atoms with E-state index in [1.165, 1.54) is 0 Å². The first-order valence-corrected chi connectivity index (χ1v) is 7.64. The maximum Gasteiger partial charge on any atom is 0.328 e. The molecule has 2 aliphatic rings. The van der Waals surface area contributed by atoms with Crippen LogP contribution in [0.5, 0.6) is 0 Å². The summed E-state index contributed by atoms with van der Waals surface area (Å²) in [6, 6.07) is 7.43. The van der Waals surface area contributed by atoms with E-state index >= 15 is 0 Å². The van der Waals surface area contributed by atoms with Gasteiger partial charge in [0, 0.05) is 57.6 Å². The maximum atomic E-state index is 11.8. The lowest BCUT2D eigenvalue weighted by Gasteiger charge is -2.43. The van der Waals surface area contributed by atoms with Crippen LogP contribution in [0.15, 0.2) is 24.3 Å². The lowest BCUT2D eigenvalue weighted by atomic mass is 9.98. The van der Waals surface area contributed by atoms with Gasteiger partial charge in [-0.15, -0.1) is 0 Å². The Morgan fingerprint density at radius 3 is 2.26 bits per heavy atom. The molecule has 0 aromatic heterocycles. The van der Waals surface area contributed by atoms with Gasteiger partial charge in [0.25, 0.3) is 0 Å². The number of amides is 3. The summed E-state index contributed by atoms with van der Waals surface area (Å²) in [6.07, 6.45) is 0.164. The Labute approximate surface area is 135 Å². The van der Waals surface area contributed by atoms with E-state index in [1.807, 2.05) is 24.3 Å². The topological polar surface area (TPSA) is 71.1 Å². The first kappa shape index (κ1) is 15.8. The lowest BCUT2D eigenvalue weighted by molar-refractivity contribution is -0.142. The molecule has 1 aromatic carbocycles. The van der Waals surface area contributed by atoms with Crippen LogP contribution in [0.25, 0.3) is 0 Å². The van der Waals surface area contributed by atoms with Gasteiger partial charge in [-0.2, -0.15) is 0 Å². The molecule has 0 aliphatic carbocycles. The van der Waals surface area contributed by atoms with Gasteiger partial charge in [0.05, 0.1) is 0 Å². The number of nitrogens with one attached hydrogen (secondary N) is 1. The van der Waals surface area contributed by atoms with Crippen molar-refractivity contribution in [3.8, 4) is 0 Å². The number of carbonyl (C=O) groups is 2. The van der Waals surface area contributed by atoms with Crippen molar-refractivity contribution in [3.05, 3.63) is 24.3 Å². The number of carbonyl (C=O) groups excluding carboxylic acids is 2. The van der Waals surface area contributed by atoms with E-state index in [0.29, 0.717) is 18.9 Å². The van der Waals surface area contributed by atoms with Crippen molar-refractivity contribution in [2.45, 2.75) is 12.7 Å². The Morgan fingerprint density at radius 1 is 1.09 bits per heavy atom. The molecule has 7 nitrogen and oxygen atoms in total. The molecule has 2 saturated heterocycles. The van der Waals surface area contributed by atoms with Crippen LogP contribution in [0.2, 0.25) is 0 Å². The monoisotopic (exact) mass is 319 g/mol. The summed E-state index contributed by atoms with van der Waals surface area (Å²) in [5.41, 5.74) is 1.90. The van der Waals surface area contributed by atoms with E-state index in [1.54, 1.807) is 19.1 Å². The van der Waals surface area contributed by atoms with Crippen LogP contribution in [0, 0.1) is 5.92 Å². The van der Waals surface area contributed by atoms with Crippen LogP contribution in [0.1, 0.15) is 6.42 Å². The number of rotatable bonds is 5. The normalized spacial score (nSPS) is 19.1.